The lowest BCUT2D eigenvalue weighted by Gasteiger charge is -2.31. The van der Waals surface area contributed by atoms with E-state index in [1.54, 1.807) is 23.1 Å². The minimum absolute atomic E-state index is 0.175. The lowest BCUT2D eigenvalue weighted by molar-refractivity contribution is -0.192. The van der Waals surface area contributed by atoms with Crippen molar-refractivity contribution in [3.63, 3.8) is 0 Å². The molecule has 144 valence electrons. The van der Waals surface area contributed by atoms with Gasteiger partial charge in [0, 0.05) is 24.9 Å². The molecule has 1 unspecified atom stereocenters. The van der Waals surface area contributed by atoms with E-state index in [2.05, 4.69) is 25.8 Å². The topological polar surface area (TPSA) is 104 Å². The Hall–Kier alpha value is -2.57. The molecule has 0 saturated carbocycles. The van der Waals surface area contributed by atoms with Crippen molar-refractivity contribution < 1.29 is 31.9 Å². The number of anilines is 1. The maximum absolute atomic E-state index is 13.7. The third-order valence-corrected chi connectivity index (χ3v) is 3.60. The molecular weight excluding hydrogens is 367 g/mol. The highest BCUT2D eigenvalue weighted by atomic mass is 19.4. The van der Waals surface area contributed by atoms with E-state index >= 15 is 0 Å². The molecule has 0 aromatic carbocycles. The van der Waals surface area contributed by atoms with Crippen LogP contribution < -0.4 is 10.6 Å². The molecule has 0 bridgehead atoms. The Labute approximate surface area is 143 Å². The second kappa shape index (κ2) is 7.76. The number of rotatable bonds is 3. The van der Waals surface area contributed by atoms with Crippen LogP contribution >= 0.6 is 0 Å². The van der Waals surface area contributed by atoms with Crippen LogP contribution in [0.1, 0.15) is 6.42 Å². The van der Waals surface area contributed by atoms with Crippen LogP contribution in [0.2, 0.25) is 0 Å². The Kier molecular flexibility index (Phi) is 5.90. The minimum atomic E-state index is -5.08. The number of carbonyl (C=O) groups is 1. The maximum atomic E-state index is 13.7. The van der Waals surface area contributed by atoms with Crippen molar-refractivity contribution in [3.8, 4) is 0 Å². The number of piperidine rings is 1. The zero-order chi connectivity index (χ0) is 19.4. The Morgan fingerprint density at radius 1 is 1.46 bits per heavy atom. The fourth-order valence-electron chi connectivity index (χ4n) is 2.24. The Bertz CT molecular complexity index is 750. The first-order valence-corrected chi connectivity index (χ1v) is 7.38. The fraction of sp³-hybridized carbons (Fsp3) is 0.538. The summed E-state index contributed by atoms with van der Waals surface area (Å²) in [6, 6.07) is 0. The van der Waals surface area contributed by atoms with Gasteiger partial charge in [0.05, 0.1) is 6.54 Å². The standard InChI is InChI=1S/C11H14F2N6.C2HF3O2/c12-11(13)6-14-2-1-8(11)5-16-9-10-18-17-7-19(10)4-3-15-9;3-2(4,5)1(6)7/h3-4,7-8,14H,1-2,5-6H2,(H,15,16);(H,6,7). The first-order valence-electron chi connectivity index (χ1n) is 7.38. The number of fused-ring (bicyclic) bond motifs is 1. The molecule has 0 aliphatic carbocycles. The van der Waals surface area contributed by atoms with Crippen molar-refractivity contribution in [2.75, 3.05) is 25.0 Å². The molecule has 8 nitrogen and oxygen atoms in total. The molecule has 26 heavy (non-hydrogen) atoms. The van der Waals surface area contributed by atoms with Crippen molar-refractivity contribution in [2.45, 2.75) is 18.5 Å². The fourth-order valence-corrected chi connectivity index (χ4v) is 2.24. The highest BCUT2D eigenvalue weighted by Crippen LogP contribution is 2.29. The summed E-state index contributed by atoms with van der Waals surface area (Å²) in [5, 5.41) is 20.5. The second-order valence-corrected chi connectivity index (χ2v) is 5.44. The van der Waals surface area contributed by atoms with Crippen LogP contribution in [0, 0.1) is 5.92 Å². The quantitative estimate of drug-likeness (QED) is 0.690. The van der Waals surface area contributed by atoms with Crippen LogP contribution in [0.5, 0.6) is 0 Å². The normalized spacial score (nSPS) is 19.5. The van der Waals surface area contributed by atoms with E-state index in [0.717, 1.165) is 0 Å². The van der Waals surface area contributed by atoms with E-state index in [-0.39, 0.29) is 13.1 Å². The van der Waals surface area contributed by atoms with E-state index in [9.17, 15) is 22.0 Å². The third-order valence-electron chi connectivity index (χ3n) is 3.60. The summed E-state index contributed by atoms with van der Waals surface area (Å²) < 4.78 is 60.8. The third kappa shape index (κ3) is 4.97. The lowest BCUT2D eigenvalue weighted by Crippen LogP contribution is -2.48. The predicted molar refractivity (Wildman–Crippen MR) is 78.9 cm³/mol. The maximum Gasteiger partial charge on any atom is 0.490 e. The van der Waals surface area contributed by atoms with Crippen molar-refractivity contribution in [3.05, 3.63) is 18.7 Å². The lowest BCUT2D eigenvalue weighted by atomic mass is 9.94. The number of aliphatic carboxylic acids is 1. The number of hydrogen-bond acceptors (Lipinski definition) is 6. The summed E-state index contributed by atoms with van der Waals surface area (Å²) >= 11 is 0. The Morgan fingerprint density at radius 2 is 2.15 bits per heavy atom. The number of carboxylic acids is 1. The molecule has 2 aromatic heterocycles. The number of nitrogens with zero attached hydrogens (tertiary/aromatic N) is 4. The van der Waals surface area contributed by atoms with E-state index < -0.39 is 24.0 Å². The van der Waals surface area contributed by atoms with Gasteiger partial charge in [0.25, 0.3) is 5.92 Å². The highest BCUT2D eigenvalue weighted by molar-refractivity contribution is 5.73. The highest BCUT2D eigenvalue weighted by Gasteiger charge is 2.41. The van der Waals surface area contributed by atoms with Crippen LogP contribution in [-0.4, -0.2) is 62.4 Å². The Morgan fingerprint density at radius 3 is 2.77 bits per heavy atom. The van der Waals surface area contributed by atoms with Gasteiger partial charge in [-0.25, -0.2) is 18.6 Å². The molecule has 0 radical (unpaired) electrons. The van der Waals surface area contributed by atoms with Crippen LogP contribution in [0.25, 0.3) is 5.65 Å². The average Bonchev–Trinajstić information content (AvgIpc) is 3.02. The van der Waals surface area contributed by atoms with E-state index in [4.69, 9.17) is 9.90 Å². The zero-order valence-electron chi connectivity index (χ0n) is 13.2. The molecule has 3 heterocycles. The molecule has 1 fully saturated rings. The molecule has 13 heteroatoms. The first-order chi connectivity index (χ1) is 12.1. The molecule has 0 spiro atoms. The van der Waals surface area contributed by atoms with Gasteiger partial charge in [-0.15, -0.1) is 10.2 Å². The summed E-state index contributed by atoms with van der Waals surface area (Å²) in [5.74, 6) is -5.66. The summed E-state index contributed by atoms with van der Waals surface area (Å²) in [7, 11) is 0. The smallest absolute Gasteiger partial charge is 0.475 e. The van der Waals surface area contributed by atoms with E-state index in [0.29, 0.717) is 24.4 Å². The van der Waals surface area contributed by atoms with Gasteiger partial charge in [0.15, 0.2) is 5.82 Å². The van der Waals surface area contributed by atoms with Gasteiger partial charge in [-0.05, 0) is 13.0 Å². The van der Waals surface area contributed by atoms with E-state index in [1.165, 1.54) is 0 Å². The molecule has 1 aliphatic heterocycles. The Balaban J connectivity index is 0.000000298. The number of aromatic nitrogens is 4. The number of halogens is 5. The molecule has 3 N–H and O–H groups in total. The molecule has 1 saturated heterocycles. The zero-order valence-corrected chi connectivity index (χ0v) is 13.2. The van der Waals surface area contributed by atoms with Gasteiger partial charge in [-0.1, -0.05) is 0 Å². The van der Waals surface area contributed by atoms with Crippen LogP contribution in [0.3, 0.4) is 0 Å². The summed E-state index contributed by atoms with van der Waals surface area (Å²) in [6.07, 6.45) is 0.191. The average molecular weight is 382 g/mol. The summed E-state index contributed by atoms with van der Waals surface area (Å²) in [6.45, 7) is 0.528. The molecule has 2 aromatic rings. The van der Waals surface area contributed by atoms with Crippen LogP contribution in [0.4, 0.5) is 27.8 Å². The van der Waals surface area contributed by atoms with Crippen molar-refractivity contribution in [2.24, 2.45) is 5.92 Å². The van der Waals surface area contributed by atoms with Gasteiger partial charge in [-0.2, -0.15) is 13.2 Å². The molecule has 1 aliphatic rings. The van der Waals surface area contributed by atoms with Gasteiger partial charge in [0.2, 0.25) is 5.65 Å². The van der Waals surface area contributed by atoms with Gasteiger partial charge in [-0.3, -0.25) is 4.40 Å². The molecular formula is C13H15F5N6O2. The monoisotopic (exact) mass is 382 g/mol. The number of hydrogen-bond donors (Lipinski definition) is 3. The van der Waals surface area contributed by atoms with Crippen molar-refractivity contribution in [1.29, 1.82) is 0 Å². The predicted octanol–water partition coefficient (Wildman–Crippen LogP) is 1.41. The summed E-state index contributed by atoms with van der Waals surface area (Å²) in [5.41, 5.74) is 0.541. The molecule has 1 atom stereocenters. The van der Waals surface area contributed by atoms with Crippen molar-refractivity contribution in [1.82, 2.24) is 24.9 Å². The summed E-state index contributed by atoms with van der Waals surface area (Å²) in [4.78, 5) is 13.0. The second-order valence-electron chi connectivity index (χ2n) is 5.44. The number of nitrogens with one attached hydrogen (secondary N) is 2. The number of alkyl halides is 5. The first kappa shape index (κ1) is 19.8. The van der Waals surface area contributed by atoms with Crippen molar-refractivity contribution >= 4 is 17.4 Å². The van der Waals surface area contributed by atoms with Gasteiger partial charge >= 0.3 is 12.1 Å². The SMILES string of the molecule is FC1(F)CNCCC1CNc1nccn2cnnc12.O=C(O)C(F)(F)F. The van der Waals surface area contributed by atoms with Crippen LogP contribution in [-0.2, 0) is 4.79 Å². The van der Waals surface area contributed by atoms with E-state index in [1.807, 2.05) is 0 Å². The van der Waals surface area contributed by atoms with Gasteiger partial charge < -0.3 is 15.7 Å². The van der Waals surface area contributed by atoms with Gasteiger partial charge in [0.1, 0.15) is 6.33 Å². The largest absolute Gasteiger partial charge is 0.490 e. The minimum Gasteiger partial charge on any atom is -0.475 e. The number of carboxylic acid groups (broad SMARTS) is 1. The molecule has 0 amide bonds. The van der Waals surface area contributed by atoms with Crippen LogP contribution in [0.15, 0.2) is 18.7 Å². The molecule has 3 rings (SSSR count).